The summed E-state index contributed by atoms with van der Waals surface area (Å²) < 4.78 is 0. The summed E-state index contributed by atoms with van der Waals surface area (Å²) in [6, 6.07) is 9.75. The van der Waals surface area contributed by atoms with E-state index >= 15 is 0 Å². The Morgan fingerprint density at radius 1 is 1.46 bits per heavy atom. The van der Waals surface area contributed by atoms with Crippen LogP contribution < -0.4 is 5.32 Å². The maximum absolute atomic E-state index is 12.8. The highest BCUT2D eigenvalue weighted by Gasteiger charge is 2.29. The monoisotopic (exact) mass is 329 g/mol. The molecule has 1 amide bonds. The van der Waals surface area contributed by atoms with Gasteiger partial charge in [-0.05, 0) is 51.7 Å². The quantitative estimate of drug-likeness (QED) is 0.754. The van der Waals surface area contributed by atoms with Crippen LogP contribution in [0.25, 0.3) is 0 Å². The zero-order valence-electron chi connectivity index (χ0n) is 14.6. The molecule has 0 radical (unpaired) electrons. The molecule has 1 unspecified atom stereocenters. The molecule has 0 saturated carbocycles. The van der Waals surface area contributed by atoms with Gasteiger partial charge in [0, 0.05) is 18.8 Å². The molecule has 1 aliphatic rings. The summed E-state index contributed by atoms with van der Waals surface area (Å²) in [4.78, 5) is 14.6. The van der Waals surface area contributed by atoms with Gasteiger partial charge >= 0.3 is 0 Å². The van der Waals surface area contributed by atoms with Crippen LogP contribution in [0.1, 0.15) is 49.9 Å². The van der Waals surface area contributed by atoms with Crippen LogP contribution >= 0.6 is 0 Å². The van der Waals surface area contributed by atoms with Crippen LogP contribution in [0.4, 0.5) is 5.69 Å². The van der Waals surface area contributed by atoms with Crippen molar-refractivity contribution in [1.29, 1.82) is 5.26 Å². The number of anilines is 1. The number of aliphatic hydroxyl groups is 1. The van der Waals surface area contributed by atoms with Gasteiger partial charge in [-0.1, -0.05) is 12.1 Å². The molecule has 5 heteroatoms. The first-order valence-electron chi connectivity index (χ1n) is 8.64. The Balaban J connectivity index is 2.00. The second kappa shape index (κ2) is 8.16. The van der Waals surface area contributed by atoms with Crippen molar-refractivity contribution in [2.45, 2.75) is 45.6 Å². The Hall–Kier alpha value is -2.06. The Morgan fingerprint density at radius 3 is 2.92 bits per heavy atom. The van der Waals surface area contributed by atoms with E-state index in [9.17, 15) is 9.90 Å². The van der Waals surface area contributed by atoms with Gasteiger partial charge in [-0.15, -0.1) is 0 Å². The molecule has 0 aromatic heterocycles. The molecule has 1 atom stereocenters. The average molecular weight is 329 g/mol. The van der Waals surface area contributed by atoms with E-state index in [-0.39, 0.29) is 24.0 Å². The minimum Gasteiger partial charge on any atom is -0.394 e. The van der Waals surface area contributed by atoms with Gasteiger partial charge in [0.2, 0.25) is 0 Å². The van der Waals surface area contributed by atoms with E-state index in [1.54, 1.807) is 4.90 Å². The first-order valence-corrected chi connectivity index (χ1v) is 8.64. The molecule has 1 aromatic carbocycles. The van der Waals surface area contributed by atoms with Gasteiger partial charge in [0.05, 0.1) is 29.7 Å². The number of nitriles is 1. The number of rotatable bonds is 7. The van der Waals surface area contributed by atoms with Crippen LogP contribution in [-0.2, 0) is 0 Å². The van der Waals surface area contributed by atoms with Crippen molar-refractivity contribution in [3.05, 3.63) is 29.8 Å². The van der Waals surface area contributed by atoms with Crippen LogP contribution in [0.5, 0.6) is 0 Å². The normalized spacial score (nSPS) is 17.6. The number of hydrogen-bond donors (Lipinski definition) is 2. The van der Waals surface area contributed by atoms with Crippen molar-refractivity contribution >= 4 is 11.6 Å². The maximum Gasteiger partial charge on any atom is 0.256 e. The second-order valence-electron chi connectivity index (χ2n) is 7.05. The lowest BCUT2D eigenvalue weighted by atomic mass is 9.90. The molecule has 1 heterocycles. The Labute approximate surface area is 144 Å². The van der Waals surface area contributed by atoms with Crippen molar-refractivity contribution in [3.63, 3.8) is 0 Å². The number of amides is 1. The fourth-order valence-electron chi connectivity index (χ4n) is 3.08. The highest BCUT2D eigenvalue weighted by atomic mass is 16.3. The molecular formula is C19H27N3O2. The van der Waals surface area contributed by atoms with Crippen LogP contribution in [0.15, 0.2) is 24.3 Å². The Bertz CT molecular complexity index is 607. The first-order chi connectivity index (χ1) is 11.5. The smallest absolute Gasteiger partial charge is 0.256 e. The van der Waals surface area contributed by atoms with Gasteiger partial charge < -0.3 is 15.3 Å². The third-order valence-electron chi connectivity index (χ3n) is 4.60. The number of nitrogens with one attached hydrogen (secondary N) is 1. The number of para-hydroxylation sites is 1. The predicted molar refractivity (Wildman–Crippen MR) is 94.7 cm³/mol. The molecule has 130 valence electrons. The fraction of sp³-hybridized carbons (Fsp3) is 0.579. The van der Waals surface area contributed by atoms with E-state index in [1.165, 1.54) is 0 Å². The second-order valence-corrected chi connectivity index (χ2v) is 7.05. The lowest BCUT2D eigenvalue weighted by Gasteiger charge is -2.24. The predicted octanol–water partition coefficient (Wildman–Crippen LogP) is 3.03. The molecule has 0 spiro atoms. The molecule has 1 fully saturated rings. The molecule has 0 aliphatic carbocycles. The minimum atomic E-state index is -0.319. The van der Waals surface area contributed by atoms with Gasteiger partial charge in [0.25, 0.3) is 5.91 Å². The van der Waals surface area contributed by atoms with Gasteiger partial charge in [0.1, 0.15) is 0 Å². The number of hydrogen-bond acceptors (Lipinski definition) is 4. The van der Waals surface area contributed by atoms with E-state index in [0.29, 0.717) is 12.1 Å². The third-order valence-corrected chi connectivity index (χ3v) is 4.60. The Kier molecular flexibility index (Phi) is 6.22. The van der Waals surface area contributed by atoms with E-state index in [4.69, 9.17) is 5.26 Å². The molecule has 1 aromatic rings. The maximum atomic E-state index is 12.8. The number of nitrogens with zero attached hydrogens (tertiary/aromatic N) is 2. The summed E-state index contributed by atoms with van der Waals surface area (Å²) >= 11 is 0. The number of likely N-dealkylation sites (tertiary alicyclic amines) is 1. The summed E-state index contributed by atoms with van der Waals surface area (Å²) in [6.45, 7) is 5.32. The van der Waals surface area contributed by atoms with E-state index in [1.807, 2.05) is 38.1 Å². The lowest BCUT2D eigenvalue weighted by molar-refractivity contribution is 0.0678. The highest BCUT2D eigenvalue weighted by molar-refractivity contribution is 5.99. The highest BCUT2D eigenvalue weighted by Crippen LogP contribution is 2.24. The summed E-state index contributed by atoms with van der Waals surface area (Å²) in [5, 5.41) is 21.8. The van der Waals surface area contributed by atoms with Gasteiger partial charge in [-0.2, -0.15) is 5.26 Å². The lowest BCUT2D eigenvalue weighted by Crippen LogP contribution is -2.37. The van der Waals surface area contributed by atoms with E-state index in [2.05, 4.69) is 11.4 Å². The first kappa shape index (κ1) is 18.3. The molecule has 2 N–H and O–H groups in total. The minimum absolute atomic E-state index is 0.0184. The van der Waals surface area contributed by atoms with Crippen molar-refractivity contribution in [2.75, 3.05) is 25.0 Å². The van der Waals surface area contributed by atoms with Crippen molar-refractivity contribution in [1.82, 2.24) is 4.90 Å². The van der Waals surface area contributed by atoms with Crippen molar-refractivity contribution in [3.8, 4) is 6.07 Å². The fourth-order valence-corrected chi connectivity index (χ4v) is 3.08. The number of carbonyl (C=O) groups is 1. The SMILES string of the molecule is CC(C)(C#N)CCCNc1ccccc1C(=O)N1CCCC1CO. The van der Waals surface area contributed by atoms with Gasteiger partial charge in [0.15, 0.2) is 0 Å². The molecule has 1 saturated heterocycles. The van der Waals surface area contributed by atoms with Crippen molar-refractivity contribution < 1.29 is 9.90 Å². The van der Waals surface area contributed by atoms with Crippen LogP contribution in [0, 0.1) is 16.7 Å². The average Bonchev–Trinajstić information content (AvgIpc) is 3.07. The number of aliphatic hydroxyl groups excluding tert-OH is 1. The zero-order valence-corrected chi connectivity index (χ0v) is 14.6. The summed E-state index contributed by atoms with van der Waals surface area (Å²) in [5.41, 5.74) is 1.15. The zero-order chi connectivity index (χ0) is 17.6. The third kappa shape index (κ3) is 4.48. The molecule has 0 bridgehead atoms. The Morgan fingerprint density at radius 2 is 2.21 bits per heavy atom. The molecule has 1 aliphatic heterocycles. The number of benzene rings is 1. The molecule has 24 heavy (non-hydrogen) atoms. The van der Waals surface area contributed by atoms with Crippen LogP contribution in [0.2, 0.25) is 0 Å². The molecule has 2 rings (SSSR count). The van der Waals surface area contributed by atoms with Crippen LogP contribution in [-0.4, -0.2) is 41.7 Å². The summed E-state index contributed by atoms with van der Waals surface area (Å²) in [5.74, 6) is -0.0213. The summed E-state index contributed by atoms with van der Waals surface area (Å²) in [6.07, 6.45) is 3.48. The van der Waals surface area contributed by atoms with E-state index in [0.717, 1.165) is 37.9 Å². The molecule has 5 nitrogen and oxygen atoms in total. The van der Waals surface area contributed by atoms with E-state index < -0.39 is 0 Å². The topological polar surface area (TPSA) is 76.4 Å². The molecular weight excluding hydrogens is 302 g/mol. The number of carbonyl (C=O) groups excluding carboxylic acids is 1. The standard InChI is InChI=1S/C19H27N3O2/c1-19(2,14-20)10-6-11-21-17-9-4-3-8-16(17)18(24)22-12-5-7-15(22)13-23/h3-4,8-9,15,21,23H,5-7,10-13H2,1-2H3. The van der Waals surface area contributed by atoms with Crippen molar-refractivity contribution in [2.24, 2.45) is 5.41 Å². The summed E-state index contributed by atoms with van der Waals surface area (Å²) in [7, 11) is 0. The largest absolute Gasteiger partial charge is 0.394 e. The van der Waals surface area contributed by atoms with Gasteiger partial charge in [-0.3, -0.25) is 4.79 Å². The van der Waals surface area contributed by atoms with Crippen LogP contribution in [0.3, 0.4) is 0 Å². The van der Waals surface area contributed by atoms with Gasteiger partial charge in [-0.25, -0.2) is 0 Å².